The summed E-state index contributed by atoms with van der Waals surface area (Å²) in [6.07, 6.45) is 0.244. The van der Waals surface area contributed by atoms with Crippen molar-refractivity contribution in [1.29, 1.82) is 0 Å². The summed E-state index contributed by atoms with van der Waals surface area (Å²) in [5.41, 5.74) is 0.939. The Bertz CT molecular complexity index is 726. The minimum Gasteiger partial charge on any atom is -0.387 e. The molecule has 7 nitrogen and oxygen atoms in total. The number of β-amino-alcohol motifs (C(OH)–C–C–N with tert-alkyl or cyclic N) is 1. The minimum atomic E-state index is -0.488. The summed E-state index contributed by atoms with van der Waals surface area (Å²) in [4.78, 5) is 17.1. The number of carbonyl (C=O) groups is 1. The Labute approximate surface area is 159 Å². The first-order valence-electron chi connectivity index (χ1n) is 9.50. The topological polar surface area (TPSA) is 81.8 Å². The first-order valence-corrected chi connectivity index (χ1v) is 9.50. The monoisotopic (exact) mass is 372 g/mol. The fraction of sp³-hybridized carbons (Fsp3) is 0.500. The number of aliphatic hydroxyl groups is 1. The molecule has 2 N–H and O–H groups in total. The van der Waals surface area contributed by atoms with Crippen LogP contribution in [0.25, 0.3) is 0 Å². The number of hydrogen-bond donors (Lipinski definition) is 2. The number of anilines is 1. The third-order valence-electron chi connectivity index (χ3n) is 5.03. The van der Waals surface area contributed by atoms with E-state index >= 15 is 0 Å². The second-order valence-electron chi connectivity index (χ2n) is 7.00. The molecule has 0 spiro atoms. The standard InChI is InChI=1S/C20H28N4O3/c1-3-17(20(26)21-19-13-15(2)27-22-19)24-11-9-23(10-12-24)14-18(25)16-7-5-4-6-8-16/h4-8,13,17-18,25H,3,9-12,14H2,1-2H3,(H,21,22,26). The molecule has 0 radical (unpaired) electrons. The van der Waals surface area contributed by atoms with Gasteiger partial charge < -0.3 is 14.9 Å². The van der Waals surface area contributed by atoms with Gasteiger partial charge in [0.25, 0.3) is 0 Å². The van der Waals surface area contributed by atoms with Crippen LogP contribution in [0.1, 0.15) is 30.8 Å². The second kappa shape index (κ2) is 9.12. The number of nitrogens with zero attached hydrogens (tertiary/aromatic N) is 3. The predicted molar refractivity (Wildman–Crippen MR) is 103 cm³/mol. The van der Waals surface area contributed by atoms with Crippen LogP contribution in [0.15, 0.2) is 40.9 Å². The van der Waals surface area contributed by atoms with Crippen molar-refractivity contribution >= 4 is 11.7 Å². The van der Waals surface area contributed by atoms with Gasteiger partial charge in [0.05, 0.1) is 12.1 Å². The molecule has 3 rings (SSSR count). The van der Waals surface area contributed by atoms with Gasteiger partial charge >= 0.3 is 0 Å². The van der Waals surface area contributed by atoms with Crippen LogP contribution in [0.4, 0.5) is 5.82 Å². The van der Waals surface area contributed by atoms with Crippen LogP contribution < -0.4 is 5.32 Å². The highest BCUT2D eigenvalue weighted by molar-refractivity contribution is 5.94. The number of carbonyl (C=O) groups excluding carboxylic acids is 1. The third kappa shape index (κ3) is 5.15. The average molecular weight is 372 g/mol. The summed E-state index contributed by atoms with van der Waals surface area (Å²) >= 11 is 0. The van der Waals surface area contributed by atoms with Gasteiger partial charge in [-0.1, -0.05) is 42.4 Å². The van der Waals surface area contributed by atoms with Crippen LogP contribution in [0.5, 0.6) is 0 Å². The van der Waals surface area contributed by atoms with Crippen molar-refractivity contribution in [2.45, 2.75) is 32.4 Å². The lowest BCUT2D eigenvalue weighted by atomic mass is 10.1. The van der Waals surface area contributed by atoms with Crippen LogP contribution in [0.3, 0.4) is 0 Å². The highest BCUT2D eigenvalue weighted by Gasteiger charge is 2.29. The molecule has 2 unspecified atom stereocenters. The van der Waals surface area contributed by atoms with Crippen molar-refractivity contribution in [2.24, 2.45) is 0 Å². The highest BCUT2D eigenvalue weighted by Crippen LogP contribution is 2.17. The highest BCUT2D eigenvalue weighted by atomic mass is 16.5. The number of aryl methyl sites for hydroxylation is 1. The molecule has 1 aliphatic heterocycles. The van der Waals surface area contributed by atoms with E-state index in [0.29, 0.717) is 18.1 Å². The summed E-state index contributed by atoms with van der Waals surface area (Å²) in [6, 6.07) is 11.3. The van der Waals surface area contributed by atoms with Crippen LogP contribution >= 0.6 is 0 Å². The first-order chi connectivity index (χ1) is 13.1. The number of hydrogen-bond acceptors (Lipinski definition) is 6. The average Bonchev–Trinajstić information content (AvgIpc) is 3.09. The van der Waals surface area contributed by atoms with Crippen molar-refractivity contribution in [2.75, 3.05) is 38.0 Å². The molecule has 1 aromatic heterocycles. The molecule has 0 aliphatic carbocycles. The summed E-state index contributed by atoms with van der Waals surface area (Å²) in [7, 11) is 0. The quantitative estimate of drug-likeness (QED) is 0.774. The van der Waals surface area contributed by atoms with Crippen LogP contribution in [0, 0.1) is 6.92 Å². The third-order valence-corrected chi connectivity index (χ3v) is 5.03. The molecule has 2 aromatic rings. The molecule has 1 saturated heterocycles. The molecule has 27 heavy (non-hydrogen) atoms. The maximum atomic E-state index is 12.6. The van der Waals surface area contributed by atoms with Crippen molar-refractivity contribution in [3.05, 3.63) is 47.7 Å². The number of nitrogens with one attached hydrogen (secondary N) is 1. The Hall–Kier alpha value is -2.22. The lowest BCUT2D eigenvalue weighted by Crippen LogP contribution is -2.54. The predicted octanol–water partition coefficient (Wildman–Crippen LogP) is 2.05. The molecular weight excluding hydrogens is 344 g/mol. The maximum absolute atomic E-state index is 12.6. The van der Waals surface area contributed by atoms with E-state index in [1.165, 1.54) is 0 Å². The van der Waals surface area contributed by atoms with Gasteiger partial charge in [-0.15, -0.1) is 0 Å². The number of piperazine rings is 1. The van der Waals surface area contributed by atoms with E-state index in [1.54, 1.807) is 13.0 Å². The smallest absolute Gasteiger partial charge is 0.242 e. The van der Waals surface area contributed by atoms with Crippen LogP contribution in [0.2, 0.25) is 0 Å². The molecule has 1 amide bonds. The Balaban J connectivity index is 1.50. The number of aromatic nitrogens is 1. The molecule has 1 aromatic carbocycles. The Morgan fingerprint density at radius 2 is 1.96 bits per heavy atom. The molecule has 2 heterocycles. The van der Waals surface area contributed by atoms with E-state index in [0.717, 1.165) is 38.2 Å². The fourth-order valence-electron chi connectivity index (χ4n) is 3.53. The maximum Gasteiger partial charge on any atom is 0.242 e. The fourth-order valence-corrected chi connectivity index (χ4v) is 3.53. The van der Waals surface area contributed by atoms with Crippen LogP contribution in [-0.4, -0.2) is 64.7 Å². The molecule has 0 saturated carbocycles. The summed E-state index contributed by atoms with van der Waals surface area (Å²) < 4.78 is 5.00. The first kappa shape index (κ1) is 19.5. The van der Waals surface area contributed by atoms with Gasteiger partial charge in [0.15, 0.2) is 5.82 Å². The summed E-state index contributed by atoms with van der Waals surface area (Å²) in [5, 5.41) is 17.1. The van der Waals surface area contributed by atoms with Gasteiger partial charge in [-0.25, -0.2) is 0 Å². The Morgan fingerprint density at radius 1 is 1.26 bits per heavy atom. The van der Waals surface area contributed by atoms with E-state index in [4.69, 9.17) is 4.52 Å². The van der Waals surface area contributed by atoms with E-state index < -0.39 is 6.10 Å². The Kier molecular flexibility index (Phi) is 6.60. The second-order valence-corrected chi connectivity index (χ2v) is 7.00. The lowest BCUT2D eigenvalue weighted by Gasteiger charge is -2.38. The van der Waals surface area contributed by atoms with Gasteiger partial charge in [-0.05, 0) is 18.9 Å². The molecule has 1 fully saturated rings. The van der Waals surface area contributed by atoms with Crippen molar-refractivity contribution in [1.82, 2.24) is 15.0 Å². The van der Waals surface area contributed by atoms with E-state index in [1.807, 2.05) is 37.3 Å². The van der Waals surface area contributed by atoms with E-state index in [9.17, 15) is 9.90 Å². The Morgan fingerprint density at radius 3 is 2.56 bits per heavy atom. The minimum absolute atomic E-state index is 0.0522. The molecule has 0 bridgehead atoms. The van der Waals surface area contributed by atoms with Gasteiger partial charge in [0.1, 0.15) is 5.76 Å². The zero-order chi connectivity index (χ0) is 19.2. The van der Waals surface area contributed by atoms with Gasteiger partial charge in [0, 0.05) is 38.8 Å². The molecular formula is C20H28N4O3. The number of rotatable bonds is 7. The molecule has 2 atom stereocenters. The number of aliphatic hydroxyl groups excluding tert-OH is 1. The zero-order valence-corrected chi connectivity index (χ0v) is 16.0. The van der Waals surface area contributed by atoms with Crippen molar-refractivity contribution < 1.29 is 14.4 Å². The van der Waals surface area contributed by atoms with E-state index in [2.05, 4.69) is 20.3 Å². The SMILES string of the molecule is CCC(C(=O)Nc1cc(C)on1)N1CCN(CC(O)c2ccccc2)CC1. The van der Waals surface area contributed by atoms with Crippen molar-refractivity contribution in [3.63, 3.8) is 0 Å². The summed E-state index contributed by atoms with van der Waals surface area (Å²) in [5.74, 6) is 1.08. The van der Waals surface area contributed by atoms with Crippen molar-refractivity contribution in [3.8, 4) is 0 Å². The largest absolute Gasteiger partial charge is 0.387 e. The lowest BCUT2D eigenvalue weighted by molar-refractivity contribution is -0.122. The zero-order valence-electron chi connectivity index (χ0n) is 16.0. The number of benzene rings is 1. The normalized spacial score (nSPS) is 18.2. The van der Waals surface area contributed by atoms with Crippen LogP contribution in [-0.2, 0) is 4.79 Å². The van der Waals surface area contributed by atoms with Gasteiger partial charge in [-0.3, -0.25) is 14.6 Å². The van der Waals surface area contributed by atoms with Gasteiger partial charge in [-0.2, -0.15) is 0 Å². The number of amides is 1. The van der Waals surface area contributed by atoms with E-state index in [-0.39, 0.29) is 11.9 Å². The summed E-state index contributed by atoms with van der Waals surface area (Å²) in [6.45, 7) is 7.68. The molecule has 7 heteroatoms. The molecule has 146 valence electrons. The van der Waals surface area contributed by atoms with Gasteiger partial charge in [0.2, 0.25) is 5.91 Å². The molecule has 1 aliphatic rings.